The van der Waals surface area contributed by atoms with E-state index in [1.54, 1.807) is 19.0 Å². The first-order valence-electron chi connectivity index (χ1n) is 10.4. The third-order valence-electron chi connectivity index (χ3n) is 5.47. The van der Waals surface area contributed by atoms with Crippen LogP contribution in [0.4, 0.5) is 4.79 Å². The Morgan fingerprint density at radius 3 is 2.75 bits per heavy atom. The number of hydrogen-bond donors (Lipinski definition) is 2. The fourth-order valence-electron chi connectivity index (χ4n) is 3.86. The molecule has 1 aliphatic rings. The Kier molecular flexibility index (Phi) is 7.20. The van der Waals surface area contributed by atoms with Crippen LogP contribution in [0.1, 0.15) is 44.8 Å². The molecular formula is C22H33N3O3. The average Bonchev–Trinajstić information content (AvgIpc) is 3.10. The number of urea groups is 1. The van der Waals surface area contributed by atoms with Gasteiger partial charge in [0.25, 0.3) is 0 Å². The summed E-state index contributed by atoms with van der Waals surface area (Å²) >= 11 is 0. The highest BCUT2D eigenvalue weighted by Gasteiger charge is 2.22. The fraction of sp³-hybridized carbons (Fsp3) is 0.591. The highest BCUT2D eigenvalue weighted by molar-refractivity contribution is 5.83. The van der Waals surface area contributed by atoms with E-state index in [1.165, 1.54) is 19.3 Å². The van der Waals surface area contributed by atoms with E-state index in [1.807, 2.05) is 19.1 Å². The molecule has 0 bridgehead atoms. The van der Waals surface area contributed by atoms with Crippen molar-refractivity contribution in [2.75, 3.05) is 27.2 Å². The lowest BCUT2D eigenvalue weighted by Crippen LogP contribution is -2.43. The summed E-state index contributed by atoms with van der Waals surface area (Å²) < 4.78 is 11.6. The Balaban J connectivity index is 1.38. The lowest BCUT2D eigenvalue weighted by molar-refractivity contribution is 0.203. The molecule has 1 aromatic carbocycles. The van der Waals surface area contributed by atoms with Crippen LogP contribution in [-0.2, 0) is 6.54 Å². The van der Waals surface area contributed by atoms with Crippen LogP contribution in [0.15, 0.2) is 28.7 Å². The SMILES string of the molecule is CCOc1cccc2cc(CNCCC3CCC(NC(=O)N(C)C)CC3)oc12. The van der Waals surface area contributed by atoms with Crippen LogP contribution in [-0.4, -0.2) is 44.2 Å². The van der Waals surface area contributed by atoms with E-state index in [0.29, 0.717) is 12.6 Å². The van der Waals surface area contributed by atoms with Crippen molar-refractivity contribution in [2.45, 2.75) is 51.6 Å². The molecule has 0 aliphatic heterocycles. The Morgan fingerprint density at radius 2 is 2.04 bits per heavy atom. The lowest BCUT2D eigenvalue weighted by Gasteiger charge is -2.30. The van der Waals surface area contributed by atoms with Crippen molar-refractivity contribution in [3.8, 4) is 5.75 Å². The highest BCUT2D eigenvalue weighted by atomic mass is 16.5. The quantitative estimate of drug-likeness (QED) is 0.668. The molecule has 2 N–H and O–H groups in total. The van der Waals surface area contributed by atoms with Gasteiger partial charge in [-0.3, -0.25) is 0 Å². The average molecular weight is 388 g/mol. The Morgan fingerprint density at radius 1 is 1.25 bits per heavy atom. The Hall–Kier alpha value is -2.21. The first-order chi connectivity index (χ1) is 13.6. The molecule has 0 atom stereocenters. The van der Waals surface area contributed by atoms with Crippen molar-refractivity contribution >= 4 is 17.0 Å². The molecule has 154 valence electrons. The maximum Gasteiger partial charge on any atom is 0.317 e. The number of benzene rings is 1. The monoisotopic (exact) mass is 387 g/mol. The van der Waals surface area contributed by atoms with Crippen LogP contribution in [0.2, 0.25) is 0 Å². The van der Waals surface area contributed by atoms with Crippen LogP contribution in [0.5, 0.6) is 5.75 Å². The number of furan rings is 1. The van der Waals surface area contributed by atoms with Gasteiger partial charge in [-0.1, -0.05) is 12.1 Å². The minimum atomic E-state index is 0.0171. The largest absolute Gasteiger partial charge is 0.490 e. The van der Waals surface area contributed by atoms with E-state index in [-0.39, 0.29) is 6.03 Å². The van der Waals surface area contributed by atoms with Gasteiger partial charge in [0, 0.05) is 25.5 Å². The number of nitrogens with one attached hydrogen (secondary N) is 2. The van der Waals surface area contributed by atoms with Gasteiger partial charge in [-0.25, -0.2) is 4.79 Å². The van der Waals surface area contributed by atoms with Crippen molar-refractivity contribution in [2.24, 2.45) is 5.92 Å². The lowest BCUT2D eigenvalue weighted by atomic mass is 9.84. The molecule has 28 heavy (non-hydrogen) atoms. The van der Waals surface area contributed by atoms with Gasteiger partial charge in [0.2, 0.25) is 0 Å². The summed E-state index contributed by atoms with van der Waals surface area (Å²) in [5, 5.41) is 7.70. The number of carbonyl (C=O) groups is 1. The van der Waals surface area contributed by atoms with Gasteiger partial charge in [-0.2, -0.15) is 0 Å². The van der Waals surface area contributed by atoms with Gasteiger partial charge in [-0.15, -0.1) is 0 Å². The number of amides is 2. The van der Waals surface area contributed by atoms with E-state index in [4.69, 9.17) is 9.15 Å². The summed E-state index contributed by atoms with van der Waals surface area (Å²) in [5.41, 5.74) is 0.833. The van der Waals surface area contributed by atoms with E-state index in [9.17, 15) is 4.79 Å². The predicted molar refractivity (Wildman–Crippen MR) is 112 cm³/mol. The van der Waals surface area contributed by atoms with E-state index in [2.05, 4.69) is 22.8 Å². The summed E-state index contributed by atoms with van der Waals surface area (Å²) in [7, 11) is 3.57. The van der Waals surface area contributed by atoms with Gasteiger partial charge in [0.1, 0.15) is 5.76 Å². The van der Waals surface area contributed by atoms with E-state index in [0.717, 1.165) is 54.3 Å². The van der Waals surface area contributed by atoms with Gasteiger partial charge < -0.3 is 24.7 Å². The van der Waals surface area contributed by atoms with Crippen LogP contribution in [0, 0.1) is 5.92 Å². The summed E-state index contributed by atoms with van der Waals surface area (Å²) in [6.07, 6.45) is 5.69. The van der Waals surface area contributed by atoms with Crippen LogP contribution in [0.3, 0.4) is 0 Å². The number of para-hydroxylation sites is 1. The van der Waals surface area contributed by atoms with Gasteiger partial charge >= 0.3 is 6.03 Å². The first-order valence-corrected chi connectivity index (χ1v) is 10.4. The molecule has 0 radical (unpaired) electrons. The molecular weight excluding hydrogens is 354 g/mol. The van der Waals surface area contributed by atoms with Gasteiger partial charge in [0.15, 0.2) is 11.3 Å². The third-order valence-corrected chi connectivity index (χ3v) is 5.47. The summed E-state index contributed by atoms with van der Waals surface area (Å²) in [4.78, 5) is 13.4. The van der Waals surface area contributed by atoms with Crippen LogP contribution >= 0.6 is 0 Å². The molecule has 2 aromatic rings. The second-order valence-corrected chi connectivity index (χ2v) is 7.85. The van der Waals surface area contributed by atoms with Gasteiger partial charge in [-0.05, 0) is 63.6 Å². The predicted octanol–water partition coefficient (Wildman–Crippen LogP) is 4.14. The molecule has 3 rings (SSSR count). The Labute approximate surface area is 167 Å². The highest BCUT2D eigenvalue weighted by Crippen LogP contribution is 2.29. The van der Waals surface area contributed by atoms with E-state index < -0.39 is 0 Å². The standard InChI is InChI=1S/C22H33N3O3/c1-4-27-20-7-5-6-17-14-19(28-21(17)20)15-23-13-12-16-8-10-18(11-9-16)24-22(26)25(2)3/h5-7,14,16,18,23H,4,8-13,15H2,1-3H3,(H,24,26). The summed E-state index contributed by atoms with van der Waals surface area (Å²) in [6.45, 7) is 4.32. The zero-order valence-corrected chi connectivity index (χ0v) is 17.3. The number of rotatable bonds is 8. The second-order valence-electron chi connectivity index (χ2n) is 7.85. The molecule has 6 nitrogen and oxygen atoms in total. The normalized spacial score (nSPS) is 19.5. The second kappa shape index (κ2) is 9.82. The Bertz CT molecular complexity index is 763. The number of hydrogen-bond acceptors (Lipinski definition) is 4. The summed E-state index contributed by atoms with van der Waals surface area (Å²) in [5.74, 6) is 2.49. The topological polar surface area (TPSA) is 66.7 Å². The molecule has 1 aliphatic carbocycles. The zero-order chi connectivity index (χ0) is 19.9. The zero-order valence-electron chi connectivity index (χ0n) is 17.3. The number of ether oxygens (including phenoxy) is 1. The summed E-state index contributed by atoms with van der Waals surface area (Å²) in [6, 6.07) is 8.43. The maximum absolute atomic E-state index is 11.7. The van der Waals surface area contributed by atoms with Crippen molar-refractivity contribution in [3.63, 3.8) is 0 Å². The number of carbonyl (C=O) groups excluding carboxylic acids is 1. The molecule has 0 spiro atoms. The van der Waals surface area contributed by atoms with Crippen LogP contribution in [0.25, 0.3) is 11.0 Å². The molecule has 1 saturated carbocycles. The molecule has 0 saturated heterocycles. The minimum absolute atomic E-state index is 0.0171. The van der Waals surface area contributed by atoms with Crippen LogP contribution < -0.4 is 15.4 Å². The molecule has 1 heterocycles. The number of fused-ring (bicyclic) bond motifs is 1. The van der Waals surface area contributed by atoms with Crippen molar-refractivity contribution in [3.05, 3.63) is 30.0 Å². The van der Waals surface area contributed by atoms with Gasteiger partial charge in [0.05, 0.1) is 13.2 Å². The van der Waals surface area contributed by atoms with Crippen molar-refractivity contribution in [1.29, 1.82) is 0 Å². The van der Waals surface area contributed by atoms with Crippen molar-refractivity contribution in [1.82, 2.24) is 15.5 Å². The maximum atomic E-state index is 11.7. The molecule has 0 unspecified atom stereocenters. The minimum Gasteiger partial charge on any atom is -0.490 e. The first kappa shape index (κ1) is 20.5. The smallest absolute Gasteiger partial charge is 0.317 e. The fourth-order valence-corrected chi connectivity index (χ4v) is 3.86. The van der Waals surface area contributed by atoms with Crippen molar-refractivity contribution < 1.29 is 13.9 Å². The number of nitrogens with zero attached hydrogens (tertiary/aromatic N) is 1. The molecule has 1 fully saturated rings. The molecule has 2 amide bonds. The van der Waals surface area contributed by atoms with E-state index >= 15 is 0 Å². The third kappa shape index (κ3) is 5.41. The molecule has 1 aromatic heterocycles. The molecule has 6 heteroatoms.